The summed E-state index contributed by atoms with van der Waals surface area (Å²) in [5.74, 6) is 0. The molecule has 1 saturated heterocycles. The molecule has 0 radical (unpaired) electrons. The molecule has 6 heteroatoms. The van der Waals surface area contributed by atoms with Crippen LogP contribution in [0, 0.1) is 6.92 Å². The van der Waals surface area contributed by atoms with Crippen molar-refractivity contribution < 1.29 is 8.42 Å². The highest BCUT2D eigenvalue weighted by Gasteiger charge is 2.31. The van der Waals surface area contributed by atoms with Crippen molar-refractivity contribution in [3.05, 3.63) is 29.8 Å². The number of aryl methyl sites for hydroxylation is 1. The van der Waals surface area contributed by atoms with E-state index in [4.69, 9.17) is 5.73 Å². The third-order valence-corrected chi connectivity index (χ3v) is 5.82. The summed E-state index contributed by atoms with van der Waals surface area (Å²) in [7, 11) is -3.46. The zero-order chi connectivity index (χ0) is 15.3. The van der Waals surface area contributed by atoms with E-state index in [1.54, 1.807) is 4.31 Å². The molecule has 2 N–H and O–H groups in total. The van der Waals surface area contributed by atoms with Crippen molar-refractivity contribution in [1.82, 2.24) is 4.31 Å². The molecule has 1 heterocycles. The third-order valence-electron chi connectivity index (χ3n) is 3.87. The summed E-state index contributed by atoms with van der Waals surface area (Å²) < 4.78 is 29.0. The molecule has 1 aliphatic rings. The van der Waals surface area contributed by atoms with Gasteiger partial charge in [-0.25, -0.2) is 0 Å². The number of piperidine rings is 1. The van der Waals surface area contributed by atoms with Crippen molar-refractivity contribution in [2.24, 2.45) is 5.73 Å². The molecule has 0 aliphatic carbocycles. The van der Waals surface area contributed by atoms with Crippen molar-refractivity contribution >= 4 is 15.9 Å². The second-order valence-electron chi connectivity index (χ2n) is 5.47. The molecule has 118 valence electrons. The Kier molecular flexibility index (Phi) is 5.61. The minimum Gasteiger partial charge on any atom is -0.330 e. The lowest BCUT2D eigenvalue weighted by atomic mass is 10.2. The first-order valence-electron chi connectivity index (χ1n) is 7.61. The number of benzene rings is 1. The fourth-order valence-corrected chi connectivity index (χ4v) is 4.48. The summed E-state index contributed by atoms with van der Waals surface area (Å²) in [4.78, 5) is 0. The number of hydrogen-bond acceptors (Lipinski definition) is 3. The van der Waals surface area contributed by atoms with Gasteiger partial charge in [0, 0.05) is 19.6 Å². The first-order chi connectivity index (χ1) is 10.1. The quantitative estimate of drug-likeness (QED) is 0.872. The Labute approximate surface area is 127 Å². The lowest BCUT2D eigenvalue weighted by molar-refractivity contribution is 0.345. The smallest absolute Gasteiger partial charge is 0.304 e. The maximum atomic E-state index is 13.0. The molecule has 0 unspecified atom stereocenters. The third kappa shape index (κ3) is 3.75. The summed E-state index contributed by atoms with van der Waals surface area (Å²) in [5, 5.41) is 0. The Hall–Kier alpha value is -1.11. The van der Waals surface area contributed by atoms with Crippen LogP contribution in [0.3, 0.4) is 0 Å². The predicted molar refractivity (Wildman–Crippen MR) is 86.5 cm³/mol. The fraction of sp³-hybridized carbons (Fsp3) is 0.600. The van der Waals surface area contributed by atoms with Crippen LogP contribution in [-0.4, -0.2) is 38.9 Å². The van der Waals surface area contributed by atoms with Gasteiger partial charge in [0.15, 0.2) is 0 Å². The van der Waals surface area contributed by atoms with Gasteiger partial charge in [-0.3, -0.25) is 4.31 Å². The van der Waals surface area contributed by atoms with E-state index in [0.717, 1.165) is 30.5 Å². The van der Waals surface area contributed by atoms with Gasteiger partial charge in [-0.2, -0.15) is 12.7 Å². The SMILES string of the molecule is Cc1ccccc1N(CCCN)S(=O)(=O)N1CCCCC1. The Bertz CT molecular complexity index is 554. The molecule has 2 rings (SSSR count). The zero-order valence-electron chi connectivity index (χ0n) is 12.7. The minimum absolute atomic E-state index is 0.431. The summed E-state index contributed by atoms with van der Waals surface area (Å²) in [5.41, 5.74) is 7.31. The molecule has 0 amide bonds. The highest BCUT2D eigenvalue weighted by atomic mass is 32.2. The first kappa shape index (κ1) is 16.3. The van der Waals surface area contributed by atoms with E-state index in [-0.39, 0.29) is 0 Å². The van der Waals surface area contributed by atoms with Crippen LogP contribution in [-0.2, 0) is 10.2 Å². The van der Waals surface area contributed by atoms with Crippen LogP contribution in [0.15, 0.2) is 24.3 Å². The number of para-hydroxylation sites is 1. The Morgan fingerprint density at radius 2 is 1.86 bits per heavy atom. The largest absolute Gasteiger partial charge is 0.330 e. The summed E-state index contributed by atoms with van der Waals surface area (Å²) in [6.45, 7) is 4.09. The number of hydrogen-bond donors (Lipinski definition) is 1. The van der Waals surface area contributed by atoms with Gasteiger partial charge in [-0.1, -0.05) is 24.6 Å². The van der Waals surface area contributed by atoms with Crippen molar-refractivity contribution in [2.45, 2.75) is 32.6 Å². The van der Waals surface area contributed by atoms with Crippen LogP contribution in [0.2, 0.25) is 0 Å². The molecular weight excluding hydrogens is 286 g/mol. The standard InChI is InChI=1S/C15H25N3O2S/c1-14-8-3-4-9-15(14)18(13-7-10-16)21(19,20)17-11-5-2-6-12-17/h3-4,8-9H,2,5-7,10-13,16H2,1H3. The number of nitrogens with zero attached hydrogens (tertiary/aromatic N) is 2. The summed E-state index contributed by atoms with van der Waals surface area (Å²) >= 11 is 0. The zero-order valence-corrected chi connectivity index (χ0v) is 13.5. The van der Waals surface area contributed by atoms with Gasteiger partial charge in [0.05, 0.1) is 5.69 Å². The Balaban J connectivity index is 2.32. The average Bonchev–Trinajstić information content (AvgIpc) is 2.50. The van der Waals surface area contributed by atoms with Gasteiger partial charge in [0.1, 0.15) is 0 Å². The van der Waals surface area contributed by atoms with Gasteiger partial charge in [0.25, 0.3) is 0 Å². The van der Waals surface area contributed by atoms with Gasteiger partial charge in [-0.15, -0.1) is 0 Å². The molecule has 0 atom stereocenters. The molecule has 21 heavy (non-hydrogen) atoms. The van der Waals surface area contributed by atoms with Crippen LogP contribution in [0.4, 0.5) is 5.69 Å². The summed E-state index contributed by atoms with van der Waals surface area (Å²) in [6.07, 6.45) is 3.65. The fourth-order valence-electron chi connectivity index (χ4n) is 2.67. The van der Waals surface area contributed by atoms with Crippen LogP contribution in [0.1, 0.15) is 31.2 Å². The van der Waals surface area contributed by atoms with Gasteiger partial charge in [0.2, 0.25) is 0 Å². The van der Waals surface area contributed by atoms with E-state index in [9.17, 15) is 8.42 Å². The average molecular weight is 311 g/mol. The Morgan fingerprint density at radius 3 is 2.48 bits per heavy atom. The predicted octanol–water partition coefficient (Wildman–Crippen LogP) is 1.88. The maximum absolute atomic E-state index is 13.0. The van der Waals surface area contributed by atoms with E-state index in [0.29, 0.717) is 32.6 Å². The lowest BCUT2D eigenvalue weighted by Gasteiger charge is -2.34. The topological polar surface area (TPSA) is 66.6 Å². The maximum Gasteiger partial charge on any atom is 0.304 e. The van der Waals surface area contributed by atoms with Crippen LogP contribution in [0.25, 0.3) is 0 Å². The van der Waals surface area contributed by atoms with E-state index >= 15 is 0 Å². The van der Waals surface area contributed by atoms with Crippen LogP contribution >= 0.6 is 0 Å². The van der Waals surface area contributed by atoms with Crippen molar-refractivity contribution in [3.8, 4) is 0 Å². The molecule has 1 aliphatic heterocycles. The van der Waals surface area contributed by atoms with E-state index in [1.165, 1.54) is 4.31 Å². The molecule has 0 aromatic heterocycles. The second-order valence-corrected chi connectivity index (χ2v) is 7.32. The Morgan fingerprint density at radius 1 is 1.19 bits per heavy atom. The molecule has 1 aromatic carbocycles. The molecule has 1 aromatic rings. The molecule has 0 bridgehead atoms. The van der Waals surface area contributed by atoms with Crippen molar-refractivity contribution in [1.29, 1.82) is 0 Å². The van der Waals surface area contributed by atoms with Crippen LogP contribution < -0.4 is 10.0 Å². The van der Waals surface area contributed by atoms with Crippen molar-refractivity contribution in [2.75, 3.05) is 30.5 Å². The minimum atomic E-state index is -3.46. The normalized spacial score (nSPS) is 16.9. The molecular formula is C15H25N3O2S. The van der Waals surface area contributed by atoms with E-state index < -0.39 is 10.2 Å². The first-order valence-corrected chi connectivity index (χ1v) is 9.00. The molecule has 0 spiro atoms. The number of nitrogens with two attached hydrogens (primary N) is 1. The second kappa shape index (κ2) is 7.24. The highest BCUT2D eigenvalue weighted by molar-refractivity contribution is 7.90. The summed E-state index contributed by atoms with van der Waals surface area (Å²) in [6, 6.07) is 7.61. The molecule has 1 fully saturated rings. The molecule has 0 saturated carbocycles. The number of anilines is 1. The van der Waals surface area contributed by atoms with Gasteiger partial charge >= 0.3 is 10.2 Å². The van der Waals surface area contributed by atoms with Gasteiger partial charge in [-0.05, 0) is 44.4 Å². The number of rotatable bonds is 6. The van der Waals surface area contributed by atoms with E-state index in [2.05, 4.69) is 0 Å². The molecule has 5 nitrogen and oxygen atoms in total. The highest BCUT2D eigenvalue weighted by Crippen LogP contribution is 2.26. The van der Waals surface area contributed by atoms with Gasteiger partial charge < -0.3 is 5.73 Å². The monoisotopic (exact) mass is 311 g/mol. The van der Waals surface area contributed by atoms with Crippen molar-refractivity contribution in [3.63, 3.8) is 0 Å². The van der Waals surface area contributed by atoms with E-state index in [1.807, 2.05) is 31.2 Å². The lowest BCUT2D eigenvalue weighted by Crippen LogP contribution is -2.47. The van der Waals surface area contributed by atoms with Crippen LogP contribution in [0.5, 0.6) is 0 Å².